The summed E-state index contributed by atoms with van der Waals surface area (Å²) >= 11 is 0. The molecule has 0 saturated heterocycles. The van der Waals surface area contributed by atoms with Crippen LogP contribution in [0.15, 0.2) is 53.4 Å². The van der Waals surface area contributed by atoms with E-state index in [0.717, 1.165) is 0 Å². The first kappa shape index (κ1) is 23.6. The van der Waals surface area contributed by atoms with Gasteiger partial charge in [-0.3, -0.25) is 4.79 Å². The zero-order chi connectivity index (χ0) is 22.5. The lowest BCUT2D eigenvalue weighted by Crippen LogP contribution is -2.32. The van der Waals surface area contributed by atoms with Gasteiger partial charge in [0.25, 0.3) is 5.91 Å². The molecule has 1 amide bonds. The third-order valence-corrected chi connectivity index (χ3v) is 6.93. The number of hydrogen-bond donors (Lipinski definition) is 0. The fourth-order valence-corrected chi connectivity index (χ4v) is 4.71. The Balaban J connectivity index is 2.42. The molecule has 2 aromatic carbocycles. The van der Waals surface area contributed by atoms with Crippen molar-refractivity contribution in [2.45, 2.75) is 31.8 Å². The van der Waals surface area contributed by atoms with E-state index in [1.807, 2.05) is 0 Å². The van der Waals surface area contributed by atoms with Crippen LogP contribution >= 0.6 is 0 Å². The highest BCUT2D eigenvalue weighted by Gasteiger charge is 2.29. The highest BCUT2D eigenvalue weighted by molar-refractivity contribution is 7.89. The van der Waals surface area contributed by atoms with Crippen LogP contribution in [0.4, 0.5) is 0 Å². The van der Waals surface area contributed by atoms with Crippen molar-refractivity contribution in [1.29, 1.82) is 0 Å². The minimum atomic E-state index is -3.75. The lowest BCUT2D eigenvalue weighted by atomic mass is 10.1. The van der Waals surface area contributed by atoms with Gasteiger partial charge in [0.2, 0.25) is 16.1 Å². The number of esters is 1. The van der Waals surface area contributed by atoms with Crippen molar-refractivity contribution in [3.8, 4) is 0 Å². The summed E-state index contributed by atoms with van der Waals surface area (Å²) in [4.78, 5) is 26.9. The molecule has 162 valence electrons. The topological polar surface area (TPSA) is 84.0 Å². The van der Waals surface area contributed by atoms with E-state index in [4.69, 9.17) is 4.74 Å². The third kappa shape index (κ3) is 5.06. The number of likely N-dealkylation sites (N-methyl/N-ethyl adjacent to an activating group) is 1. The van der Waals surface area contributed by atoms with E-state index < -0.39 is 28.0 Å². The van der Waals surface area contributed by atoms with Gasteiger partial charge in [0.1, 0.15) is 0 Å². The first-order chi connectivity index (χ1) is 14.1. The van der Waals surface area contributed by atoms with E-state index in [2.05, 4.69) is 0 Å². The van der Waals surface area contributed by atoms with E-state index in [-0.39, 0.29) is 10.5 Å². The number of rotatable bonds is 8. The van der Waals surface area contributed by atoms with Gasteiger partial charge in [-0.2, -0.15) is 4.31 Å². The summed E-state index contributed by atoms with van der Waals surface area (Å²) in [5.74, 6) is -1.16. The molecule has 0 N–H and O–H groups in total. The summed E-state index contributed by atoms with van der Waals surface area (Å²) in [7, 11) is -0.596. The van der Waals surface area contributed by atoms with Crippen LogP contribution in [0.2, 0.25) is 0 Å². The molecule has 0 aliphatic heterocycles. The molecule has 30 heavy (non-hydrogen) atoms. The number of carbonyl (C=O) groups excluding carboxylic acids is 2. The Hall–Kier alpha value is -2.71. The van der Waals surface area contributed by atoms with E-state index in [0.29, 0.717) is 24.2 Å². The van der Waals surface area contributed by atoms with Crippen molar-refractivity contribution in [3.63, 3.8) is 0 Å². The number of nitrogens with zero attached hydrogens (tertiary/aromatic N) is 2. The van der Waals surface area contributed by atoms with Gasteiger partial charge in [-0.25, -0.2) is 13.2 Å². The molecule has 0 saturated carbocycles. The minimum Gasteiger partial charge on any atom is -0.444 e. The number of amides is 1. The summed E-state index contributed by atoms with van der Waals surface area (Å²) in [5.41, 5.74) is 1.13. The standard InChI is InChI=1S/C22H28N2O5S/c1-6-24(7-2)30(27,28)19-15-18(14-13-16(19)3)22(26)29-20(21(25)23(4)5)17-11-9-8-10-12-17/h8-15,20H,6-7H2,1-5H3/t20-/m0/s1. The van der Waals surface area contributed by atoms with E-state index in [9.17, 15) is 18.0 Å². The van der Waals surface area contributed by atoms with Crippen LogP contribution in [0, 0.1) is 6.92 Å². The first-order valence-electron chi connectivity index (χ1n) is 9.71. The van der Waals surface area contributed by atoms with Gasteiger partial charge in [-0.15, -0.1) is 0 Å². The second-order valence-electron chi connectivity index (χ2n) is 7.00. The van der Waals surface area contributed by atoms with Crippen LogP contribution < -0.4 is 0 Å². The summed E-state index contributed by atoms with van der Waals surface area (Å²) in [6.45, 7) is 5.83. The summed E-state index contributed by atoms with van der Waals surface area (Å²) in [5, 5.41) is 0. The van der Waals surface area contributed by atoms with Crippen LogP contribution in [0.3, 0.4) is 0 Å². The molecule has 0 aliphatic carbocycles. The van der Waals surface area contributed by atoms with Crippen molar-refractivity contribution in [1.82, 2.24) is 9.21 Å². The Kier molecular flexibility index (Phi) is 7.75. The molecule has 0 aliphatic rings. The SMILES string of the molecule is CCN(CC)S(=O)(=O)c1cc(C(=O)O[C@H](C(=O)N(C)C)c2ccccc2)ccc1C. The van der Waals surface area contributed by atoms with Gasteiger partial charge < -0.3 is 9.64 Å². The molecule has 1 atom stereocenters. The lowest BCUT2D eigenvalue weighted by molar-refractivity contribution is -0.138. The van der Waals surface area contributed by atoms with Gasteiger partial charge >= 0.3 is 5.97 Å². The van der Waals surface area contributed by atoms with Gasteiger partial charge in [0, 0.05) is 32.7 Å². The van der Waals surface area contributed by atoms with Crippen LogP contribution in [-0.4, -0.2) is 56.7 Å². The molecule has 2 rings (SSSR count). The fraction of sp³-hybridized carbons (Fsp3) is 0.364. The maximum absolute atomic E-state index is 12.9. The highest BCUT2D eigenvalue weighted by atomic mass is 32.2. The van der Waals surface area contributed by atoms with Crippen LogP contribution in [0.1, 0.15) is 41.4 Å². The van der Waals surface area contributed by atoms with Crippen LogP contribution in [-0.2, 0) is 19.6 Å². The normalized spacial score (nSPS) is 12.5. The highest BCUT2D eigenvalue weighted by Crippen LogP contribution is 2.25. The van der Waals surface area contributed by atoms with Crippen molar-refractivity contribution in [2.24, 2.45) is 0 Å². The maximum atomic E-state index is 12.9. The lowest BCUT2D eigenvalue weighted by Gasteiger charge is -2.22. The number of aryl methyl sites for hydroxylation is 1. The first-order valence-corrected chi connectivity index (χ1v) is 11.1. The molecule has 0 radical (unpaired) electrons. The monoisotopic (exact) mass is 432 g/mol. The van der Waals surface area contributed by atoms with Crippen molar-refractivity contribution < 1.29 is 22.7 Å². The molecule has 0 fully saturated rings. The number of benzene rings is 2. The predicted molar refractivity (Wildman–Crippen MR) is 115 cm³/mol. The molecule has 0 unspecified atom stereocenters. The Bertz CT molecular complexity index is 999. The third-order valence-electron chi connectivity index (χ3n) is 4.74. The Morgan fingerprint density at radius 3 is 2.13 bits per heavy atom. The van der Waals surface area contributed by atoms with Gasteiger partial charge in [0.05, 0.1) is 10.5 Å². The number of ether oxygens (including phenoxy) is 1. The molecular weight excluding hydrogens is 404 g/mol. The maximum Gasteiger partial charge on any atom is 0.339 e. The second-order valence-corrected chi connectivity index (χ2v) is 8.90. The fourth-order valence-electron chi connectivity index (χ4n) is 3.01. The summed E-state index contributed by atoms with van der Waals surface area (Å²) in [6, 6.07) is 13.1. The molecule has 0 spiro atoms. The number of sulfonamides is 1. The molecular formula is C22H28N2O5S. The molecule has 8 heteroatoms. The van der Waals surface area contributed by atoms with Gasteiger partial charge in [-0.05, 0) is 24.6 Å². The molecule has 7 nitrogen and oxygen atoms in total. The average molecular weight is 433 g/mol. The van der Waals surface area contributed by atoms with E-state index in [1.54, 1.807) is 71.3 Å². The van der Waals surface area contributed by atoms with Crippen molar-refractivity contribution in [3.05, 3.63) is 65.2 Å². The quantitative estimate of drug-likeness (QED) is 0.599. The van der Waals surface area contributed by atoms with E-state index in [1.165, 1.54) is 21.3 Å². The van der Waals surface area contributed by atoms with Gasteiger partial charge in [0.15, 0.2) is 0 Å². The van der Waals surface area contributed by atoms with Crippen molar-refractivity contribution >= 4 is 21.9 Å². The zero-order valence-corrected chi connectivity index (χ0v) is 18.8. The van der Waals surface area contributed by atoms with Crippen LogP contribution in [0.25, 0.3) is 0 Å². The molecule has 0 heterocycles. The van der Waals surface area contributed by atoms with Crippen molar-refractivity contribution in [2.75, 3.05) is 27.2 Å². The molecule has 0 bridgehead atoms. The minimum absolute atomic E-state index is 0.0517. The largest absolute Gasteiger partial charge is 0.444 e. The Labute approximate surface area is 178 Å². The van der Waals surface area contributed by atoms with Gasteiger partial charge in [-0.1, -0.05) is 50.2 Å². The predicted octanol–water partition coefficient (Wildman–Crippen LogP) is 3.01. The van der Waals surface area contributed by atoms with E-state index >= 15 is 0 Å². The summed E-state index contributed by atoms with van der Waals surface area (Å²) in [6.07, 6.45) is -1.13. The average Bonchev–Trinajstić information content (AvgIpc) is 2.72. The molecule has 2 aromatic rings. The number of hydrogen-bond acceptors (Lipinski definition) is 5. The van der Waals surface area contributed by atoms with Crippen LogP contribution in [0.5, 0.6) is 0 Å². The zero-order valence-electron chi connectivity index (χ0n) is 18.0. The number of carbonyl (C=O) groups is 2. The Morgan fingerprint density at radius 2 is 1.60 bits per heavy atom. The second kappa shape index (κ2) is 9.86. The Morgan fingerprint density at radius 1 is 1.00 bits per heavy atom. The molecule has 0 aromatic heterocycles. The summed E-state index contributed by atoms with van der Waals surface area (Å²) < 4.78 is 32.7. The smallest absolute Gasteiger partial charge is 0.339 e.